The average Bonchev–Trinajstić information content (AvgIpc) is 2.41. The molecular formula is C11H14O8. The molecule has 4 N–H and O–H groups in total. The SMILES string of the molecule is O=c1ccocc1O[C@@H]1O[C@H](CO)[C@@H](O)[C@H](O)[C@H]1O. The van der Waals surface area contributed by atoms with E-state index < -0.39 is 42.7 Å². The molecule has 0 amide bonds. The minimum absolute atomic E-state index is 0.216. The summed E-state index contributed by atoms with van der Waals surface area (Å²) in [6.45, 7) is -0.575. The molecule has 106 valence electrons. The fraction of sp³-hybridized carbons (Fsp3) is 0.545. The predicted molar refractivity (Wildman–Crippen MR) is 59.4 cm³/mol. The maximum atomic E-state index is 11.4. The van der Waals surface area contributed by atoms with Gasteiger partial charge in [0.2, 0.25) is 17.5 Å². The number of ether oxygens (including phenoxy) is 2. The Balaban J connectivity index is 2.15. The number of hydrogen-bond donors (Lipinski definition) is 4. The van der Waals surface area contributed by atoms with Gasteiger partial charge < -0.3 is 34.3 Å². The standard InChI is InChI=1S/C11H14O8/c12-3-6-8(14)9(15)10(16)11(18-6)19-7-4-17-2-1-5(7)13/h1-2,4,6,8-12,14-16H,3H2/t6-,8-,9+,10-,11+/m1/s1. The Kier molecular flexibility index (Phi) is 4.17. The van der Waals surface area contributed by atoms with Crippen LogP contribution in [0.2, 0.25) is 0 Å². The van der Waals surface area contributed by atoms with Gasteiger partial charge in [-0.05, 0) is 0 Å². The summed E-state index contributed by atoms with van der Waals surface area (Å²) in [5.74, 6) is -0.216. The summed E-state index contributed by atoms with van der Waals surface area (Å²) < 4.78 is 14.9. The van der Waals surface area contributed by atoms with Gasteiger partial charge in [0.25, 0.3) is 0 Å². The van der Waals surface area contributed by atoms with Gasteiger partial charge in [0, 0.05) is 6.07 Å². The zero-order valence-corrected chi connectivity index (χ0v) is 9.75. The van der Waals surface area contributed by atoms with Crippen LogP contribution in [0.25, 0.3) is 0 Å². The van der Waals surface area contributed by atoms with E-state index in [0.717, 1.165) is 18.6 Å². The van der Waals surface area contributed by atoms with Gasteiger partial charge in [-0.15, -0.1) is 0 Å². The van der Waals surface area contributed by atoms with Crippen LogP contribution in [0.3, 0.4) is 0 Å². The first kappa shape index (κ1) is 14.0. The molecule has 1 saturated heterocycles. The van der Waals surface area contributed by atoms with E-state index in [1.54, 1.807) is 0 Å². The Hall–Kier alpha value is -1.45. The fourth-order valence-electron chi connectivity index (χ4n) is 1.72. The molecule has 1 aliphatic rings. The van der Waals surface area contributed by atoms with E-state index in [4.69, 9.17) is 19.0 Å². The quantitative estimate of drug-likeness (QED) is 0.489. The molecular weight excluding hydrogens is 260 g/mol. The van der Waals surface area contributed by atoms with E-state index >= 15 is 0 Å². The summed E-state index contributed by atoms with van der Waals surface area (Å²) in [5.41, 5.74) is -0.497. The first-order valence-corrected chi connectivity index (χ1v) is 5.58. The monoisotopic (exact) mass is 274 g/mol. The zero-order chi connectivity index (χ0) is 14.0. The van der Waals surface area contributed by atoms with Gasteiger partial charge in [-0.25, -0.2) is 0 Å². The number of aliphatic hydroxyl groups excluding tert-OH is 4. The Labute approximate surface area is 107 Å². The van der Waals surface area contributed by atoms with Crippen molar-refractivity contribution in [3.8, 4) is 5.75 Å². The van der Waals surface area contributed by atoms with Crippen LogP contribution in [0.5, 0.6) is 5.75 Å². The van der Waals surface area contributed by atoms with Gasteiger partial charge in [0.05, 0.1) is 12.9 Å². The minimum Gasteiger partial charge on any atom is -0.468 e. The van der Waals surface area contributed by atoms with Crippen LogP contribution in [0, 0.1) is 0 Å². The Morgan fingerprint density at radius 3 is 2.58 bits per heavy atom. The molecule has 0 aromatic carbocycles. The van der Waals surface area contributed by atoms with Crippen molar-refractivity contribution in [2.45, 2.75) is 30.7 Å². The van der Waals surface area contributed by atoms with Crippen LogP contribution < -0.4 is 10.2 Å². The molecule has 5 atom stereocenters. The van der Waals surface area contributed by atoms with Gasteiger partial charge in [-0.1, -0.05) is 0 Å². The van der Waals surface area contributed by atoms with E-state index in [1.165, 1.54) is 0 Å². The Bertz CT molecular complexity index is 470. The maximum Gasteiger partial charge on any atom is 0.229 e. The van der Waals surface area contributed by atoms with E-state index in [0.29, 0.717) is 0 Å². The third-order valence-corrected chi connectivity index (χ3v) is 2.81. The molecule has 0 spiro atoms. The zero-order valence-electron chi connectivity index (χ0n) is 9.75. The van der Waals surface area contributed by atoms with Gasteiger partial charge in [0.1, 0.15) is 30.7 Å². The van der Waals surface area contributed by atoms with Crippen LogP contribution >= 0.6 is 0 Å². The summed E-state index contributed by atoms with van der Waals surface area (Å²) in [6, 6.07) is 1.11. The second-order valence-electron chi connectivity index (χ2n) is 4.10. The highest BCUT2D eigenvalue weighted by molar-refractivity contribution is 5.14. The molecule has 0 saturated carbocycles. The van der Waals surface area contributed by atoms with Crippen molar-refractivity contribution in [1.29, 1.82) is 0 Å². The summed E-state index contributed by atoms with van der Waals surface area (Å²) >= 11 is 0. The lowest BCUT2D eigenvalue weighted by atomic mass is 9.99. The molecule has 19 heavy (non-hydrogen) atoms. The van der Waals surface area contributed by atoms with Crippen molar-refractivity contribution < 1.29 is 34.3 Å². The molecule has 0 radical (unpaired) electrons. The second kappa shape index (κ2) is 5.68. The third kappa shape index (κ3) is 2.77. The largest absolute Gasteiger partial charge is 0.468 e. The lowest BCUT2D eigenvalue weighted by Crippen LogP contribution is -2.60. The van der Waals surface area contributed by atoms with Crippen LogP contribution in [-0.4, -0.2) is 57.7 Å². The molecule has 1 aromatic rings. The highest BCUT2D eigenvalue weighted by atomic mass is 16.7. The molecule has 8 heteroatoms. The normalized spacial score (nSPS) is 35.1. The maximum absolute atomic E-state index is 11.4. The molecule has 0 unspecified atom stereocenters. The predicted octanol–water partition coefficient (Wildman–Crippen LogP) is -2.18. The van der Waals surface area contributed by atoms with Crippen molar-refractivity contribution >= 4 is 0 Å². The highest BCUT2D eigenvalue weighted by Crippen LogP contribution is 2.22. The summed E-state index contributed by atoms with van der Waals surface area (Å²) in [5, 5.41) is 37.8. The number of rotatable bonds is 3. The van der Waals surface area contributed by atoms with Crippen LogP contribution in [0.4, 0.5) is 0 Å². The molecule has 0 aliphatic carbocycles. The van der Waals surface area contributed by atoms with Crippen molar-refractivity contribution in [2.75, 3.05) is 6.61 Å². The molecule has 2 rings (SSSR count). The third-order valence-electron chi connectivity index (χ3n) is 2.81. The summed E-state index contributed by atoms with van der Waals surface area (Å²) in [4.78, 5) is 11.4. The topological polar surface area (TPSA) is 130 Å². The molecule has 2 heterocycles. The lowest BCUT2D eigenvalue weighted by Gasteiger charge is -2.39. The van der Waals surface area contributed by atoms with Gasteiger partial charge in [0.15, 0.2) is 0 Å². The molecule has 0 bridgehead atoms. The van der Waals surface area contributed by atoms with Crippen LogP contribution in [-0.2, 0) is 4.74 Å². The van der Waals surface area contributed by atoms with Crippen molar-refractivity contribution in [1.82, 2.24) is 0 Å². The molecule has 8 nitrogen and oxygen atoms in total. The molecule has 1 aromatic heterocycles. The second-order valence-corrected chi connectivity index (χ2v) is 4.10. The van der Waals surface area contributed by atoms with E-state index in [2.05, 4.69) is 0 Å². The van der Waals surface area contributed by atoms with Crippen LogP contribution in [0.15, 0.2) is 27.8 Å². The average molecular weight is 274 g/mol. The number of hydrogen-bond acceptors (Lipinski definition) is 8. The minimum atomic E-state index is -1.57. The Morgan fingerprint density at radius 2 is 1.95 bits per heavy atom. The first-order valence-electron chi connectivity index (χ1n) is 5.58. The first-order chi connectivity index (χ1) is 9.04. The highest BCUT2D eigenvalue weighted by Gasteiger charge is 2.44. The van der Waals surface area contributed by atoms with E-state index in [9.17, 15) is 20.1 Å². The summed E-state index contributed by atoms with van der Waals surface area (Å²) in [7, 11) is 0. The number of aliphatic hydroxyl groups is 4. The molecule has 1 aliphatic heterocycles. The van der Waals surface area contributed by atoms with Gasteiger partial charge >= 0.3 is 0 Å². The fourth-order valence-corrected chi connectivity index (χ4v) is 1.72. The summed E-state index contributed by atoms with van der Waals surface area (Å²) in [6.07, 6.45) is -4.94. The molecule has 1 fully saturated rings. The van der Waals surface area contributed by atoms with Crippen molar-refractivity contribution in [2.24, 2.45) is 0 Å². The lowest BCUT2D eigenvalue weighted by molar-refractivity contribution is -0.277. The Morgan fingerprint density at radius 1 is 1.21 bits per heavy atom. The van der Waals surface area contributed by atoms with E-state index in [-0.39, 0.29) is 5.75 Å². The van der Waals surface area contributed by atoms with Gasteiger partial charge in [-0.2, -0.15) is 0 Å². The van der Waals surface area contributed by atoms with Crippen molar-refractivity contribution in [3.63, 3.8) is 0 Å². The van der Waals surface area contributed by atoms with Crippen LogP contribution in [0.1, 0.15) is 0 Å². The smallest absolute Gasteiger partial charge is 0.229 e. The van der Waals surface area contributed by atoms with Crippen molar-refractivity contribution in [3.05, 3.63) is 28.8 Å². The van der Waals surface area contributed by atoms with Gasteiger partial charge in [-0.3, -0.25) is 4.79 Å². The van der Waals surface area contributed by atoms with E-state index in [1.807, 2.05) is 0 Å².